The van der Waals surface area contributed by atoms with Crippen molar-refractivity contribution in [3.63, 3.8) is 0 Å². The molecule has 0 aliphatic carbocycles. The summed E-state index contributed by atoms with van der Waals surface area (Å²) in [6.45, 7) is 14.6. The number of aliphatic hydroxyl groups excluding tert-OH is 1. The molecule has 3 atom stereocenters. The van der Waals surface area contributed by atoms with Crippen molar-refractivity contribution in [3.8, 4) is 10.4 Å². The first-order valence-corrected chi connectivity index (χ1v) is 18.6. The highest BCUT2D eigenvalue weighted by Crippen LogP contribution is 2.28. The third kappa shape index (κ3) is 16.8. The lowest BCUT2D eigenvalue weighted by molar-refractivity contribution is -0.128. The summed E-state index contributed by atoms with van der Waals surface area (Å²) >= 11 is 1.61. The first kappa shape index (κ1) is 42.8. The van der Waals surface area contributed by atoms with Gasteiger partial charge in [-0.2, -0.15) is 0 Å². The maximum Gasteiger partial charge on any atom is 0.246 e. The largest absolute Gasteiger partial charge is 0.392 e. The Morgan fingerprint density at radius 2 is 1.47 bits per heavy atom. The van der Waals surface area contributed by atoms with E-state index in [9.17, 15) is 14.7 Å². The molecule has 0 spiro atoms. The molecule has 0 bridgehead atoms. The molecule has 288 valence electrons. The van der Waals surface area contributed by atoms with Crippen LogP contribution in [0, 0.1) is 12.3 Å². The minimum atomic E-state index is -0.621. The van der Waals surface area contributed by atoms with Crippen molar-refractivity contribution >= 4 is 23.2 Å². The third-order valence-corrected chi connectivity index (χ3v) is 9.24. The Labute approximate surface area is 306 Å². The smallest absolute Gasteiger partial charge is 0.246 e. The Balaban J connectivity index is 1.28. The Morgan fingerprint density at radius 1 is 0.922 bits per heavy atom. The molecule has 5 N–H and O–H groups in total. The molecule has 0 radical (unpaired) electrons. The molecule has 1 unspecified atom stereocenters. The van der Waals surface area contributed by atoms with Crippen molar-refractivity contribution in [2.45, 2.75) is 58.8 Å². The highest BCUT2D eigenvalue weighted by molar-refractivity contribution is 7.13. The Kier molecular flexibility index (Phi) is 20.1. The van der Waals surface area contributed by atoms with Gasteiger partial charge >= 0.3 is 0 Å². The average Bonchev–Trinajstić information content (AvgIpc) is 3.70. The molecule has 2 aromatic rings. The topological polar surface area (TPSA) is 176 Å². The van der Waals surface area contributed by atoms with Gasteiger partial charge in [0.1, 0.15) is 6.61 Å². The number of likely N-dealkylation sites (tertiary alicyclic amines) is 1. The highest BCUT2D eigenvalue weighted by atomic mass is 32.1. The molecule has 2 heterocycles. The van der Waals surface area contributed by atoms with Gasteiger partial charge in [-0.15, -0.1) is 11.3 Å². The van der Waals surface area contributed by atoms with Crippen LogP contribution < -0.4 is 16.4 Å². The summed E-state index contributed by atoms with van der Waals surface area (Å²) in [5.74, 6) is -0.390. The molecule has 1 aliphatic heterocycles. The van der Waals surface area contributed by atoms with Crippen molar-refractivity contribution < 1.29 is 43.1 Å². The molecule has 15 heteroatoms. The molecular formula is C36H59N5O9S. The number of thiazole rings is 1. The van der Waals surface area contributed by atoms with Crippen LogP contribution in [0.1, 0.15) is 38.4 Å². The number of nitrogens with two attached hydrogens (primary N) is 1. The number of carbonyl (C=O) groups excluding carboxylic acids is 2. The molecule has 1 aromatic heterocycles. The van der Waals surface area contributed by atoms with Gasteiger partial charge < -0.3 is 49.9 Å². The van der Waals surface area contributed by atoms with Gasteiger partial charge in [0.2, 0.25) is 11.8 Å². The van der Waals surface area contributed by atoms with E-state index in [0.717, 1.165) is 21.7 Å². The predicted octanol–water partition coefficient (Wildman–Crippen LogP) is 1.76. The second-order valence-electron chi connectivity index (χ2n) is 13.4. The van der Waals surface area contributed by atoms with Crippen molar-refractivity contribution in [2.75, 3.05) is 98.9 Å². The summed E-state index contributed by atoms with van der Waals surface area (Å²) < 4.78 is 32.6. The lowest BCUT2D eigenvalue weighted by Crippen LogP contribution is -2.54. The van der Waals surface area contributed by atoms with Crippen molar-refractivity contribution in [3.05, 3.63) is 41.0 Å². The van der Waals surface area contributed by atoms with Crippen LogP contribution in [0.25, 0.3) is 10.4 Å². The van der Waals surface area contributed by atoms with Crippen molar-refractivity contribution in [1.82, 2.24) is 20.5 Å². The fraction of sp³-hybridized carbons (Fsp3) is 0.694. The molecule has 1 saturated heterocycles. The van der Waals surface area contributed by atoms with E-state index in [1.807, 2.05) is 62.4 Å². The summed E-state index contributed by atoms with van der Waals surface area (Å²) in [4.78, 5) is 33.6. The fourth-order valence-corrected chi connectivity index (χ4v) is 6.18. The normalized spacial score (nSPS) is 17.1. The summed E-state index contributed by atoms with van der Waals surface area (Å²) in [5.41, 5.74) is 9.97. The van der Waals surface area contributed by atoms with Gasteiger partial charge in [0.05, 0.1) is 101 Å². The van der Waals surface area contributed by atoms with E-state index >= 15 is 0 Å². The van der Waals surface area contributed by atoms with E-state index in [1.54, 1.807) is 11.3 Å². The number of aliphatic hydroxyl groups is 1. The maximum absolute atomic E-state index is 13.3. The average molecular weight is 738 g/mol. The number of rotatable bonds is 26. The zero-order chi connectivity index (χ0) is 36.9. The Bertz CT molecular complexity index is 1260. The predicted molar refractivity (Wildman–Crippen MR) is 195 cm³/mol. The van der Waals surface area contributed by atoms with Gasteiger partial charge in [-0.3, -0.25) is 14.5 Å². The first-order chi connectivity index (χ1) is 24.6. The minimum Gasteiger partial charge on any atom is -0.392 e. The van der Waals surface area contributed by atoms with Crippen LogP contribution in [0.3, 0.4) is 0 Å². The number of carbonyl (C=O) groups is 2. The van der Waals surface area contributed by atoms with Crippen molar-refractivity contribution in [2.24, 2.45) is 11.1 Å². The molecule has 0 saturated carbocycles. The molecule has 1 aliphatic rings. The number of amides is 2. The van der Waals surface area contributed by atoms with Crippen LogP contribution in [0.2, 0.25) is 0 Å². The third-order valence-electron chi connectivity index (χ3n) is 8.27. The van der Waals surface area contributed by atoms with Gasteiger partial charge in [0.15, 0.2) is 0 Å². The second kappa shape index (κ2) is 23.9. The van der Waals surface area contributed by atoms with E-state index in [-0.39, 0.29) is 36.5 Å². The number of nitrogens with one attached hydrogen (secondary N) is 2. The number of hydrogen-bond acceptors (Lipinski definition) is 13. The summed E-state index contributed by atoms with van der Waals surface area (Å²) in [5, 5.41) is 16.6. The number of β-amino-alcohol motifs (C(OH)–C–C–N with tert-alkyl or cyclic N) is 1. The van der Waals surface area contributed by atoms with Crippen LogP contribution in [-0.4, -0.2) is 144 Å². The SMILES string of the molecule is Cc1ncsc1-c1ccc(CNC(=O)C2C[C@@H](O)CN2C[C@@H](NC(=O)COCCOCCOCCOCCOCCOCCN)C(C)(C)C)cc1. The van der Waals surface area contributed by atoms with Crippen molar-refractivity contribution in [1.29, 1.82) is 0 Å². The number of ether oxygens (including phenoxy) is 6. The lowest BCUT2D eigenvalue weighted by atomic mass is 9.86. The number of aryl methyl sites for hydroxylation is 1. The lowest BCUT2D eigenvalue weighted by Gasteiger charge is -2.36. The Morgan fingerprint density at radius 3 is 1.98 bits per heavy atom. The molecule has 1 aromatic carbocycles. The number of benzene rings is 1. The zero-order valence-corrected chi connectivity index (χ0v) is 31.5. The van der Waals surface area contributed by atoms with Gasteiger partial charge in [0, 0.05) is 32.2 Å². The van der Waals surface area contributed by atoms with Crippen LogP contribution in [0.5, 0.6) is 0 Å². The Hall–Kier alpha value is -2.57. The number of hydrogen-bond donors (Lipinski definition) is 4. The number of aromatic nitrogens is 1. The number of nitrogens with zero attached hydrogens (tertiary/aromatic N) is 2. The van der Waals surface area contributed by atoms with Gasteiger partial charge in [-0.25, -0.2) is 4.98 Å². The molecule has 2 amide bonds. The van der Waals surface area contributed by atoms with Crippen LogP contribution in [0.15, 0.2) is 29.8 Å². The highest BCUT2D eigenvalue weighted by Gasteiger charge is 2.39. The van der Waals surface area contributed by atoms with Gasteiger partial charge in [-0.1, -0.05) is 45.0 Å². The van der Waals surface area contributed by atoms with E-state index in [4.69, 9.17) is 34.2 Å². The van der Waals surface area contributed by atoms with Crippen LogP contribution >= 0.6 is 11.3 Å². The standard InChI is InChI=1S/C36H59N5O9S/c1-27-34(51-26-39-27)29-7-5-28(6-8-29)22-38-35(44)31-21-30(42)23-41(31)24-32(36(2,3)4)40-33(43)25-50-20-19-49-18-17-48-16-15-47-14-13-46-12-11-45-10-9-37/h5-8,26,30-32,42H,9-25,37H2,1-4H3,(H,38,44)(H,40,43)/t30-,31?,32-/m1/s1. The molecule has 14 nitrogen and oxygen atoms in total. The van der Waals surface area contributed by atoms with E-state index in [0.29, 0.717) is 98.7 Å². The summed E-state index contributed by atoms with van der Waals surface area (Å²) in [6, 6.07) is 7.32. The zero-order valence-electron chi connectivity index (χ0n) is 30.7. The summed E-state index contributed by atoms with van der Waals surface area (Å²) in [7, 11) is 0. The van der Waals surface area contributed by atoms with E-state index < -0.39 is 12.1 Å². The second-order valence-corrected chi connectivity index (χ2v) is 14.3. The minimum absolute atomic E-state index is 0.109. The van der Waals surface area contributed by atoms with E-state index in [1.165, 1.54) is 0 Å². The summed E-state index contributed by atoms with van der Waals surface area (Å²) in [6.07, 6.45) is -0.283. The molecule has 1 fully saturated rings. The van der Waals surface area contributed by atoms with Crippen LogP contribution in [0.4, 0.5) is 0 Å². The van der Waals surface area contributed by atoms with Gasteiger partial charge in [-0.05, 0) is 29.9 Å². The maximum atomic E-state index is 13.3. The monoisotopic (exact) mass is 737 g/mol. The molecule has 3 rings (SSSR count). The van der Waals surface area contributed by atoms with E-state index in [2.05, 4.69) is 15.6 Å². The van der Waals surface area contributed by atoms with Crippen LogP contribution in [-0.2, 0) is 44.6 Å². The molecule has 51 heavy (non-hydrogen) atoms. The molecular weight excluding hydrogens is 678 g/mol. The fourth-order valence-electron chi connectivity index (χ4n) is 5.37. The quantitative estimate of drug-likeness (QED) is 0.103. The van der Waals surface area contributed by atoms with Gasteiger partial charge in [0.25, 0.3) is 0 Å². The first-order valence-electron chi connectivity index (χ1n) is 17.7.